The Morgan fingerprint density at radius 1 is 1.08 bits per heavy atom. The summed E-state index contributed by atoms with van der Waals surface area (Å²) in [6.07, 6.45) is 0.204. The summed E-state index contributed by atoms with van der Waals surface area (Å²) in [5.41, 5.74) is 0. The maximum Gasteiger partial charge on any atom is 0.811 e. The van der Waals surface area contributed by atoms with Gasteiger partial charge in [0, 0.05) is 17.4 Å². The molecule has 0 bridgehead atoms. The molecule has 0 N–H and O–H groups in total. The summed E-state index contributed by atoms with van der Waals surface area (Å²) in [6.45, 7) is 3.10. The van der Waals surface area contributed by atoms with Crippen molar-refractivity contribution in [1.29, 1.82) is 0 Å². The highest BCUT2D eigenvalue weighted by atomic mass is 31.1. The zero-order chi connectivity index (χ0) is 9.56. The Morgan fingerprint density at radius 3 is 1.67 bits per heavy atom. The quantitative estimate of drug-likeness (QED) is 0.633. The van der Waals surface area contributed by atoms with Crippen molar-refractivity contribution < 1.29 is 23.2 Å². The van der Waals surface area contributed by atoms with Crippen molar-refractivity contribution in [1.82, 2.24) is 0 Å². The van der Waals surface area contributed by atoms with Crippen LogP contribution in [0.2, 0.25) is 0 Å². The highest BCUT2D eigenvalue weighted by molar-refractivity contribution is 7.34. The predicted molar refractivity (Wildman–Crippen MR) is 40.4 cm³/mol. The fourth-order valence-electron chi connectivity index (χ4n) is 0.314. The molecule has 0 saturated carbocycles. The van der Waals surface area contributed by atoms with Gasteiger partial charge in [0.25, 0.3) is 0 Å². The summed E-state index contributed by atoms with van der Waals surface area (Å²) in [5, 5.41) is 0. The Bertz CT molecular complexity index is 180. The Hall–Kier alpha value is -0.960. The van der Waals surface area contributed by atoms with Crippen molar-refractivity contribution in [3.63, 3.8) is 0 Å². The summed E-state index contributed by atoms with van der Waals surface area (Å²) in [6, 6.07) is 0. The van der Waals surface area contributed by atoms with Crippen LogP contribution in [0.15, 0.2) is 0 Å². The molecule has 0 atom stereocenters. The molecular weight excluding hydrogens is 183 g/mol. The number of rotatable bonds is 4. The van der Waals surface area contributed by atoms with Crippen LogP contribution < -0.4 is 0 Å². The normalized spacial score (nSPS) is 8.83. The van der Waals surface area contributed by atoms with Gasteiger partial charge in [-0.2, -0.15) is 9.05 Å². The van der Waals surface area contributed by atoms with Crippen LogP contribution in [-0.4, -0.2) is 11.9 Å². The SMILES string of the molecule is CCC(=O)O[P+](=O)OC(=O)CC. The average Bonchev–Trinajstić information content (AvgIpc) is 2.03. The van der Waals surface area contributed by atoms with Crippen LogP contribution in [0.5, 0.6) is 0 Å². The van der Waals surface area contributed by atoms with Gasteiger partial charge in [0.15, 0.2) is 0 Å². The first-order valence-corrected chi connectivity index (χ1v) is 4.58. The lowest BCUT2D eigenvalue weighted by molar-refractivity contribution is -0.137. The van der Waals surface area contributed by atoms with E-state index in [1.165, 1.54) is 0 Å². The van der Waals surface area contributed by atoms with Gasteiger partial charge in [0.1, 0.15) is 0 Å². The minimum Gasteiger partial charge on any atom is -0.247 e. The Morgan fingerprint density at radius 2 is 1.42 bits per heavy atom. The fourth-order valence-corrected chi connectivity index (χ4v) is 0.942. The molecular formula is C6H10O5P+. The highest BCUT2D eigenvalue weighted by Crippen LogP contribution is 2.24. The van der Waals surface area contributed by atoms with Crippen molar-refractivity contribution >= 4 is 20.2 Å². The average molecular weight is 193 g/mol. The van der Waals surface area contributed by atoms with Crippen LogP contribution >= 0.6 is 8.25 Å². The van der Waals surface area contributed by atoms with Crippen LogP contribution in [0.3, 0.4) is 0 Å². The van der Waals surface area contributed by atoms with Crippen LogP contribution in [0.1, 0.15) is 26.7 Å². The molecule has 0 aromatic rings. The molecule has 68 valence electrons. The number of hydrogen-bond acceptors (Lipinski definition) is 5. The van der Waals surface area contributed by atoms with Gasteiger partial charge in [-0.1, -0.05) is 13.8 Å². The first kappa shape index (κ1) is 11.0. The molecule has 0 unspecified atom stereocenters. The lowest BCUT2D eigenvalue weighted by atomic mass is 10.5. The standard InChI is InChI=1S/C6H10O5P/c1-3-5(7)10-12(9)11-6(8)4-2/h3-4H2,1-2H3/q+1. The van der Waals surface area contributed by atoms with Gasteiger partial charge in [-0.25, -0.2) is 9.59 Å². The second kappa shape index (κ2) is 5.66. The maximum atomic E-state index is 10.6. The van der Waals surface area contributed by atoms with E-state index in [-0.39, 0.29) is 12.8 Å². The van der Waals surface area contributed by atoms with Gasteiger partial charge in [0.2, 0.25) is 0 Å². The summed E-state index contributed by atoms with van der Waals surface area (Å²) in [5.74, 6) is -1.31. The molecule has 5 nitrogen and oxygen atoms in total. The highest BCUT2D eigenvalue weighted by Gasteiger charge is 2.29. The maximum absolute atomic E-state index is 10.6. The molecule has 0 saturated heterocycles. The van der Waals surface area contributed by atoms with E-state index in [1.54, 1.807) is 13.8 Å². The number of carbonyl (C=O) groups excluding carboxylic acids is 2. The third-order valence-electron chi connectivity index (χ3n) is 0.930. The zero-order valence-electron chi connectivity index (χ0n) is 6.90. The number of hydrogen-bond donors (Lipinski definition) is 0. The summed E-state index contributed by atoms with van der Waals surface area (Å²) >= 11 is 0. The molecule has 0 amide bonds. The molecule has 0 rings (SSSR count). The van der Waals surface area contributed by atoms with Crippen LogP contribution in [-0.2, 0) is 23.2 Å². The fraction of sp³-hybridized carbons (Fsp3) is 0.667. The second-order valence-corrected chi connectivity index (χ2v) is 2.67. The molecule has 0 aromatic heterocycles. The molecule has 6 heteroatoms. The summed E-state index contributed by atoms with van der Waals surface area (Å²) in [4.78, 5) is 21.0. The molecule has 0 fully saturated rings. The largest absolute Gasteiger partial charge is 0.811 e. The third kappa shape index (κ3) is 4.79. The molecule has 0 aliphatic rings. The first-order valence-electron chi connectivity index (χ1n) is 3.49. The van der Waals surface area contributed by atoms with E-state index in [0.29, 0.717) is 0 Å². The Labute approximate surface area is 71.0 Å². The van der Waals surface area contributed by atoms with E-state index in [0.717, 1.165) is 0 Å². The van der Waals surface area contributed by atoms with Crippen LogP contribution in [0.4, 0.5) is 0 Å². The summed E-state index contributed by atoms with van der Waals surface area (Å²) in [7, 11) is -2.62. The van der Waals surface area contributed by atoms with E-state index in [4.69, 9.17) is 0 Å². The molecule has 0 heterocycles. The lowest BCUT2D eigenvalue weighted by Gasteiger charge is -1.86. The lowest BCUT2D eigenvalue weighted by Crippen LogP contribution is -2.00. The molecule has 0 aliphatic heterocycles. The van der Waals surface area contributed by atoms with Crippen molar-refractivity contribution in [3.05, 3.63) is 0 Å². The minimum absolute atomic E-state index is 0.102. The monoisotopic (exact) mass is 193 g/mol. The van der Waals surface area contributed by atoms with Crippen molar-refractivity contribution in [2.24, 2.45) is 0 Å². The van der Waals surface area contributed by atoms with E-state index in [2.05, 4.69) is 9.05 Å². The van der Waals surface area contributed by atoms with Gasteiger partial charge in [0.05, 0.1) is 0 Å². The third-order valence-corrected chi connectivity index (χ3v) is 1.64. The molecule has 0 radical (unpaired) electrons. The van der Waals surface area contributed by atoms with Gasteiger partial charge in [-0.05, 0) is 0 Å². The van der Waals surface area contributed by atoms with Crippen LogP contribution in [0, 0.1) is 0 Å². The number of carbonyl (C=O) groups is 2. The smallest absolute Gasteiger partial charge is 0.247 e. The van der Waals surface area contributed by atoms with E-state index < -0.39 is 20.2 Å². The first-order chi connectivity index (χ1) is 5.60. The van der Waals surface area contributed by atoms with E-state index in [9.17, 15) is 14.2 Å². The van der Waals surface area contributed by atoms with Crippen molar-refractivity contribution in [3.8, 4) is 0 Å². The van der Waals surface area contributed by atoms with Gasteiger partial charge in [-0.15, -0.1) is 0 Å². The molecule has 0 aromatic carbocycles. The van der Waals surface area contributed by atoms with E-state index >= 15 is 0 Å². The van der Waals surface area contributed by atoms with Crippen molar-refractivity contribution in [2.75, 3.05) is 0 Å². The van der Waals surface area contributed by atoms with E-state index in [1.807, 2.05) is 0 Å². The molecule has 0 spiro atoms. The van der Waals surface area contributed by atoms with Crippen molar-refractivity contribution in [2.45, 2.75) is 26.7 Å². The second-order valence-electron chi connectivity index (χ2n) is 1.86. The van der Waals surface area contributed by atoms with Gasteiger partial charge < -0.3 is 0 Å². The van der Waals surface area contributed by atoms with Gasteiger partial charge in [-0.3, -0.25) is 0 Å². The minimum atomic E-state index is -2.62. The molecule has 12 heavy (non-hydrogen) atoms. The Balaban J connectivity index is 3.74. The van der Waals surface area contributed by atoms with Gasteiger partial charge >= 0.3 is 20.2 Å². The molecule has 0 aliphatic carbocycles. The summed E-state index contributed by atoms with van der Waals surface area (Å²) < 4.78 is 19.0. The van der Waals surface area contributed by atoms with Crippen LogP contribution in [0.25, 0.3) is 0 Å². The predicted octanol–water partition coefficient (Wildman–Crippen LogP) is 1.55. The zero-order valence-corrected chi connectivity index (χ0v) is 7.80. The topological polar surface area (TPSA) is 69.7 Å². The Kier molecular flexibility index (Phi) is 5.21.